The van der Waals surface area contributed by atoms with E-state index in [9.17, 15) is 0 Å². The molecule has 2 aromatic rings. The van der Waals surface area contributed by atoms with Crippen molar-refractivity contribution in [3.63, 3.8) is 0 Å². The third-order valence-electron chi connectivity index (χ3n) is 5.00. The fourth-order valence-corrected chi connectivity index (χ4v) is 3.83. The maximum absolute atomic E-state index is 4.44. The predicted octanol–water partition coefficient (Wildman–Crippen LogP) is 2.68. The number of fused-ring (bicyclic) bond motifs is 1. The van der Waals surface area contributed by atoms with Gasteiger partial charge in [-0.25, -0.2) is 0 Å². The number of rotatable bonds is 4. The van der Waals surface area contributed by atoms with E-state index >= 15 is 0 Å². The average Bonchev–Trinajstić information content (AvgIpc) is 3.11. The number of likely N-dealkylation sites (tertiary alicyclic amines) is 1. The van der Waals surface area contributed by atoms with E-state index in [0.29, 0.717) is 5.92 Å². The molecule has 2 aliphatic rings. The number of benzene rings is 1. The summed E-state index contributed by atoms with van der Waals surface area (Å²) < 4.78 is 2.38. The Bertz CT molecular complexity index is 613. The molecule has 0 radical (unpaired) electrons. The molecule has 22 heavy (non-hydrogen) atoms. The fourth-order valence-electron chi connectivity index (χ4n) is 3.83. The van der Waals surface area contributed by atoms with Crippen LogP contribution in [0.4, 0.5) is 0 Å². The quantitative estimate of drug-likeness (QED) is 0.870. The molecule has 1 aromatic carbocycles. The molecule has 0 aliphatic carbocycles. The lowest BCUT2D eigenvalue weighted by Gasteiger charge is -2.25. The van der Waals surface area contributed by atoms with Crippen LogP contribution in [0.25, 0.3) is 0 Å². The van der Waals surface area contributed by atoms with Gasteiger partial charge < -0.3 is 4.57 Å². The molecule has 0 spiro atoms. The Morgan fingerprint density at radius 2 is 1.82 bits per heavy atom. The Kier molecular flexibility index (Phi) is 3.94. The van der Waals surface area contributed by atoms with Crippen molar-refractivity contribution in [2.75, 3.05) is 13.1 Å². The van der Waals surface area contributed by atoms with Gasteiger partial charge in [0.05, 0.1) is 6.54 Å². The molecule has 1 saturated heterocycles. The molecule has 116 valence electrons. The summed E-state index contributed by atoms with van der Waals surface area (Å²) in [4.78, 5) is 2.53. The van der Waals surface area contributed by atoms with Gasteiger partial charge >= 0.3 is 0 Å². The normalized spacial score (nSPS) is 21.9. The first-order valence-corrected chi connectivity index (χ1v) is 8.56. The molecule has 1 atom stereocenters. The van der Waals surface area contributed by atoms with Gasteiger partial charge in [-0.05, 0) is 43.8 Å². The second-order valence-electron chi connectivity index (χ2n) is 6.74. The second-order valence-corrected chi connectivity index (χ2v) is 6.74. The first-order chi connectivity index (χ1) is 10.9. The highest BCUT2D eigenvalue weighted by Crippen LogP contribution is 2.24. The summed E-state index contributed by atoms with van der Waals surface area (Å²) in [5.41, 5.74) is 1.43. The van der Waals surface area contributed by atoms with Crippen molar-refractivity contribution in [1.82, 2.24) is 19.7 Å². The topological polar surface area (TPSA) is 34.0 Å². The smallest absolute Gasteiger partial charge is 0.147 e. The number of aromatic nitrogens is 3. The summed E-state index contributed by atoms with van der Waals surface area (Å²) >= 11 is 0. The van der Waals surface area contributed by atoms with E-state index in [0.717, 1.165) is 25.9 Å². The summed E-state index contributed by atoms with van der Waals surface area (Å²) in [5.74, 6) is 3.04. The van der Waals surface area contributed by atoms with Crippen molar-refractivity contribution in [3.05, 3.63) is 47.5 Å². The van der Waals surface area contributed by atoms with Gasteiger partial charge in [0.25, 0.3) is 0 Å². The van der Waals surface area contributed by atoms with Gasteiger partial charge in [-0.3, -0.25) is 4.90 Å². The van der Waals surface area contributed by atoms with E-state index in [-0.39, 0.29) is 0 Å². The maximum Gasteiger partial charge on any atom is 0.147 e. The van der Waals surface area contributed by atoms with E-state index in [2.05, 4.69) is 50.0 Å². The third kappa shape index (κ3) is 2.93. The van der Waals surface area contributed by atoms with Crippen LogP contribution in [0.1, 0.15) is 36.5 Å². The van der Waals surface area contributed by atoms with Crippen molar-refractivity contribution in [1.29, 1.82) is 0 Å². The van der Waals surface area contributed by atoms with Crippen molar-refractivity contribution in [2.45, 2.75) is 45.2 Å². The molecular weight excluding hydrogens is 272 g/mol. The molecule has 0 N–H and O–H groups in total. The van der Waals surface area contributed by atoms with Crippen LogP contribution in [0.5, 0.6) is 0 Å². The van der Waals surface area contributed by atoms with E-state index in [4.69, 9.17) is 0 Å². The monoisotopic (exact) mass is 296 g/mol. The molecule has 0 bridgehead atoms. The minimum Gasteiger partial charge on any atom is -0.314 e. The van der Waals surface area contributed by atoms with Gasteiger partial charge in [0.1, 0.15) is 11.6 Å². The third-order valence-corrected chi connectivity index (χ3v) is 5.00. The van der Waals surface area contributed by atoms with Crippen LogP contribution in [0.3, 0.4) is 0 Å². The summed E-state index contributed by atoms with van der Waals surface area (Å²) in [6.45, 7) is 4.50. The fraction of sp³-hybridized carbons (Fsp3) is 0.556. The lowest BCUT2D eigenvalue weighted by Crippen LogP contribution is -2.30. The highest BCUT2D eigenvalue weighted by atomic mass is 15.3. The summed E-state index contributed by atoms with van der Waals surface area (Å²) in [6, 6.07) is 10.8. The Hall–Kier alpha value is -1.68. The minimum atomic E-state index is 0.674. The van der Waals surface area contributed by atoms with Crippen molar-refractivity contribution >= 4 is 0 Å². The number of hydrogen-bond donors (Lipinski definition) is 0. The van der Waals surface area contributed by atoms with Gasteiger partial charge in [-0.2, -0.15) is 0 Å². The zero-order valence-corrected chi connectivity index (χ0v) is 13.1. The lowest BCUT2D eigenvalue weighted by molar-refractivity contribution is 0.212. The molecule has 1 aromatic heterocycles. The highest BCUT2D eigenvalue weighted by Gasteiger charge is 2.27. The van der Waals surface area contributed by atoms with E-state index in [1.807, 2.05) is 0 Å². The molecule has 4 heteroatoms. The predicted molar refractivity (Wildman–Crippen MR) is 86.5 cm³/mol. The lowest BCUT2D eigenvalue weighted by atomic mass is 9.98. The summed E-state index contributed by atoms with van der Waals surface area (Å²) in [6.07, 6.45) is 6.26. The largest absolute Gasteiger partial charge is 0.314 e. The van der Waals surface area contributed by atoms with Crippen LogP contribution in [0.2, 0.25) is 0 Å². The standard InChI is InChI=1S/C18H24N4/c1-3-7-15(8-4-1)11-16-12-17-19-20-18(22(17)13-16)14-21-9-5-2-6-10-21/h1,3-4,7-8,16H,2,5-6,9-14H2. The van der Waals surface area contributed by atoms with Crippen LogP contribution in [-0.4, -0.2) is 32.8 Å². The molecule has 3 heterocycles. The van der Waals surface area contributed by atoms with Crippen molar-refractivity contribution in [3.8, 4) is 0 Å². The van der Waals surface area contributed by atoms with Gasteiger partial charge in [-0.15, -0.1) is 10.2 Å². The van der Waals surface area contributed by atoms with Crippen LogP contribution in [-0.2, 0) is 25.9 Å². The zero-order chi connectivity index (χ0) is 14.8. The van der Waals surface area contributed by atoms with Crippen LogP contribution in [0, 0.1) is 5.92 Å². The van der Waals surface area contributed by atoms with Crippen LogP contribution in [0.15, 0.2) is 30.3 Å². The number of hydrogen-bond acceptors (Lipinski definition) is 3. The van der Waals surface area contributed by atoms with Crippen LogP contribution < -0.4 is 0 Å². The van der Waals surface area contributed by atoms with Gasteiger partial charge in [0.15, 0.2) is 0 Å². The summed E-state index contributed by atoms with van der Waals surface area (Å²) in [5, 5.41) is 8.89. The van der Waals surface area contributed by atoms with E-state index in [1.165, 1.54) is 49.6 Å². The van der Waals surface area contributed by atoms with E-state index < -0.39 is 0 Å². The molecular formula is C18H24N4. The molecule has 4 nitrogen and oxygen atoms in total. The molecule has 2 aliphatic heterocycles. The van der Waals surface area contributed by atoms with Gasteiger partial charge in [0.2, 0.25) is 0 Å². The molecule has 4 rings (SSSR count). The Balaban J connectivity index is 1.41. The van der Waals surface area contributed by atoms with E-state index in [1.54, 1.807) is 0 Å². The Morgan fingerprint density at radius 3 is 2.64 bits per heavy atom. The maximum atomic E-state index is 4.44. The molecule has 0 saturated carbocycles. The molecule has 0 amide bonds. The first-order valence-electron chi connectivity index (χ1n) is 8.56. The first kappa shape index (κ1) is 13.9. The van der Waals surface area contributed by atoms with Crippen molar-refractivity contribution in [2.24, 2.45) is 5.92 Å². The van der Waals surface area contributed by atoms with Gasteiger partial charge in [0, 0.05) is 13.0 Å². The Labute approximate surface area is 132 Å². The van der Waals surface area contributed by atoms with Crippen molar-refractivity contribution < 1.29 is 0 Å². The van der Waals surface area contributed by atoms with Gasteiger partial charge in [-0.1, -0.05) is 36.8 Å². The SMILES string of the molecule is c1ccc(CC2Cc3nnc(CN4CCCCC4)n3C2)cc1. The Morgan fingerprint density at radius 1 is 1.00 bits per heavy atom. The zero-order valence-electron chi connectivity index (χ0n) is 13.1. The summed E-state index contributed by atoms with van der Waals surface area (Å²) in [7, 11) is 0. The average molecular weight is 296 g/mol. The second kappa shape index (κ2) is 6.21. The minimum absolute atomic E-state index is 0.674. The number of nitrogens with zero attached hydrogens (tertiary/aromatic N) is 4. The molecule has 1 fully saturated rings. The highest BCUT2D eigenvalue weighted by molar-refractivity contribution is 5.16. The number of piperidine rings is 1. The van der Waals surface area contributed by atoms with Crippen LogP contribution >= 0.6 is 0 Å². The molecule has 1 unspecified atom stereocenters.